The van der Waals surface area contributed by atoms with Crippen LogP contribution in [0.3, 0.4) is 0 Å². The number of morpholine rings is 1. The lowest BCUT2D eigenvalue weighted by Gasteiger charge is -2.32. The lowest BCUT2D eigenvalue weighted by atomic mass is 10.0. The molecule has 0 radical (unpaired) electrons. The molecule has 2 saturated heterocycles. The van der Waals surface area contributed by atoms with Crippen LogP contribution in [0.25, 0.3) is 0 Å². The number of nitrogens with zero attached hydrogens (tertiary/aromatic N) is 4. The van der Waals surface area contributed by atoms with Gasteiger partial charge in [0.25, 0.3) is 0 Å². The van der Waals surface area contributed by atoms with Gasteiger partial charge in [-0.1, -0.05) is 6.07 Å². The van der Waals surface area contributed by atoms with Crippen LogP contribution in [0, 0.1) is 5.82 Å². The summed E-state index contributed by atoms with van der Waals surface area (Å²) in [6.45, 7) is 1.73. The van der Waals surface area contributed by atoms with Crippen LogP contribution in [-0.4, -0.2) is 39.3 Å². The Kier molecular flexibility index (Phi) is 4.78. The van der Waals surface area contributed by atoms with Gasteiger partial charge in [-0.05, 0) is 23.8 Å². The maximum atomic E-state index is 14.6. The zero-order chi connectivity index (χ0) is 24.4. The average molecular weight is 490 g/mol. The molecule has 2 bridgehead atoms. The largest absolute Gasteiger partial charge is 0.473 e. The molecule has 8 nitrogen and oxygen atoms in total. The van der Waals surface area contributed by atoms with Crippen LogP contribution >= 0.6 is 0 Å². The van der Waals surface area contributed by atoms with Crippen LogP contribution in [0.2, 0.25) is 0 Å². The van der Waals surface area contributed by atoms with Crippen LogP contribution in [0.5, 0.6) is 17.4 Å². The maximum Gasteiger partial charge on any atom is 0.433 e. The molecule has 0 saturated carbocycles. The van der Waals surface area contributed by atoms with E-state index in [-0.39, 0.29) is 35.6 Å². The van der Waals surface area contributed by atoms with Gasteiger partial charge in [0.15, 0.2) is 11.6 Å². The summed E-state index contributed by atoms with van der Waals surface area (Å²) in [6.07, 6.45) is -2.68. The van der Waals surface area contributed by atoms with Crippen molar-refractivity contribution < 1.29 is 31.8 Å². The molecule has 5 heterocycles. The first-order valence-electron chi connectivity index (χ1n) is 10.8. The van der Waals surface area contributed by atoms with E-state index in [9.17, 15) is 22.4 Å². The van der Waals surface area contributed by atoms with Crippen LogP contribution in [0.1, 0.15) is 17.7 Å². The minimum atomic E-state index is -4.64. The smallest absolute Gasteiger partial charge is 0.433 e. The molecule has 0 N–H and O–H groups in total. The summed E-state index contributed by atoms with van der Waals surface area (Å²) >= 11 is 0. The molecule has 12 heteroatoms. The zero-order valence-electron chi connectivity index (χ0n) is 18.1. The molecule has 0 unspecified atom stereocenters. The van der Waals surface area contributed by atoms with Gasteiger partial charge < -0.3 is 19.1 Å². The Hall–Kier alpha value is -3.67. The van der Waals surface area contributed by atoms with Gasteiger partial charge in [-0.2, -0.15) is 18.2 Å². The molecule has 0 amide bonds. The summed E-state index contributed by atoms with van der Waals surface area (Å²) in [4.78, 5) is 22.0. The van der Waals surface area contributed by atoms with Crippen LogP contribution in [-0.2, 0) is 24.1 Å². The standard InChI is InChI=1S/C23H18F4N4O4/c24-16-5-13(1-2-17(16)35-14-3-4-28-18(6-14)23(25,26)27)10-33-19-7-20-30(21(32)29-19)11-22-8-15(34-12-22)9-31(20)22/h1-7,15H,8-12H2/t15-,22+/m0/s1. The molecule has 3 aromatic rings. The third-order valence-corrected chi connectivity index (χ3v) is 6.48. The summed E-state index contributed by atoms with van der Waals surface area (Å²) in [7, 11) is 0. The summed E-state index contributed by atoms with van der Waals surface area (Å²) in [6, 6.07) is 7.54. The number of pyridine rings is 1. The SMILES string of the molecule is O=c1nc(OCc2ccc(Oc3ccnc(C(F)(F)F)c3)c(F)c2)cc2n1C[C@]13CO[C@H](CN21)C3. The second-order valence-corrected chi connectivity index (χ2v) is 8.82. The molecule has 2 aromatic heterocycles. The van der Waals surface area contributed by atoms with Crippen LogP contribution < -0.4 is 20.1 Å². The topological polar surface area (TPSA) is 78.7 Å². The molecule has 6 rings (SSSR count). The molecule has 0 aliphatic carbocycles. The fourth-order valence-electron chi connectivity index (χ4n) is 4.89. The summed E-state index contributed by atoms with van der Waals surface area (Å²) in [5, 5.41) is 0. The van der Waals surface area contributed by atoms with Crippen molar-refractivity contribution >= 4 is 5.82 Å². The zero-order valence-corrected chi connectivity index (χ0v) is 18.1. The number of fused-ring (bicyclic) bond motifs is 3. The number of hydrogen-bond acceptors (Lipinski definition) is 7. The van der Waals surface area contributed by atoms with Gasteiger partial charge >= 0.3 is 11.9 Å². The lowest BCUT2D eigenvalue weighted by Crippen LogP contribution is -2.46. The van der Waals surface area contributed by atoms with Crippen molar-refractivity contribution in [1.29, 1.82) is 0 Å². The summed E-state index contributed by atoms with van der Waals surface area (Å²) in [5.74, 6) is -0.376. The fourth-order valence-corrected chi connectivity index (χ4v) is 4.89. The summed E-state index contributed by atoms with van der Waals surface area (Å²) in [5.41, 5.74) is -1.34. The monoisotopic (exact) mass is 490 g/mol. The van der Waals surface area contributed by atoms with E-state index in [1.165, 1.54) is 18.2 Å². The number of ether oxygens (including phenoxy) is 3. The molecule has 35 heavy (non-hydrogen) atoms. The molecule has 3 aliphatic rings. The van der Waals surface area contributed by atoms with Gasteiger partial charge in [0.05, 0.1) is 24.8 Å². The average Bonchev–Trinajstić information content (AvgIpc) is 3.48. The Labute approximate surface area is 195 Å². The van der Waals surface area contributed by atoms with Crippen molar-refractivity contribution in [3.05, 3.63) is 70.2 Å². The van der Waals surface area contributed by atoms with Gasteiger partial charge in [-0.3, -0.25) is 9.55 Å². The minimum Gasteiger partial charge on any atom is -0.473 e. The molecular formula is C23H18F4N4O4. The lowest BCUT2D eigenvalue weighted by molar-refractivity contribution is -0.141. The van der Waals surface area contributed by atoms with Crippen molar-refractivity contribution in [1.82, 2.24) is 14.5 Å². The van der Waals surface area contributed by atoms with E-state index in [0.29, 0.717) is 31.3 Å². The number of halogens is 4. The predicted octanol–water partition coefficient (Wildman–Crippen LogP) is 3.53. The predicted molar refractivity (Wildman–Crippen MR) is 113 cm³/mol. The maximum absolute atomic E-state index is 14.6. The first-order valence-corrected chi connectivity index (χ1v) is 10.8. The van der Waals surface area contributed by atoms with Gasteiger partial charge in [0.1, 0.15) is 23.9 Å². The third-order valence-electron chi connectivity index (χ3n) is 6.48. The third kappa shape index (κ3) is 3.77. The van der Waals surface area contributed by atoms with Crippen molar-refractivity contribution in [3.63, 3.8) is 0 Å². The number of aromatic nitrogens is 3. The highest BCUT2D eigenvalue weighted by atomic mass is 19.4. The Morgan fingerprint density at radius 2 is 2.06 bits per heavy atom. The number of hydrogen-bond donors (Lipinski definition) is 0. The van der Waals surface area contributed by atoms with E-state index in [0.717, 1.165) is 24.5 Å². The molecule has 1 spiro atoms. The Balaban J connectivity index is 1.16. The quantitative estimate of drug-likeness (QED) is 0.507. The molecule has 182 valence electrons. The number of anilines is 1. The van der Waals surface area contributed by atoms with Gasteiger partial charge in [0, 0.05) is 31.3 Å². The number of alkyl halides is 3. The van der Waals surface area contributed by atoms with Gasteiger partial charge in [-0.15, -0.1) is 0 Å². The van der Waals surface area contributed by atoms with Crippen molar-refractivity contribution in [3.8, 4) is 17.4 Å². The summed E-state index contributed by atoms with van der Waals surface area (Å²) < 4.78 is 71.3. The van der Waals surface area contributed by atoms with Gasteiger partial charge in [-0.25, -0.2) is 9.18 Å². The van der Waals surface area contributed by atoms with Gasteiger partial charge in [0.2, 0.25) is 5.88 Å². The molecule has 1 aromatic carbocycles. The second kappa shape index (κ2) is 7.67. The van der Waals surface area contributed by atoms with Crippen molar-refractivity contribution in [2.75, 3.05) is 18.1 Å². The number of rotatable bonds is 5. The van der Waals surface area contributed by atoms with Crippen LogP contribution in [0.4, 0.5) is 23.4 Å². The van der Waals surface area contributed by atoms with E-state index < -0.39 is 23.4 Å². The Morgan fingerprint density at radius 1 is 1.20 bits per heavy atom. The molecule has 2 fully saturated rings. The van der Waals surface area contributed by atoms with E-state index in [2.05, 4.69) is 14.9 Å². The highest BCUT2D eigenvalue weighted by Gasteiger charge is 2.56. The minimum absolute atomic E-state index is 0.0720. The molecule has 3 aliphatic heterocycles. The highest BCUT2D eigenvalue weighted by Crippen LogP contribution is 2.46. The Morgan fingerprint density at radius 3 is 2.83 bits per heavy atom. The van der Waals surface area contributed by atoms with E-state index in [1.54, 1.807) is 10.6 Å². The van der Waals surface area contributed by atoms with Crippen LogP contribution in [0.15, 0.2) is 47.4 Å². The molecular weight excluding hydrogens is 472 g/mol. The second-order valence-electron chi connectivity index (χ2n) is 8.82. The number of benzene rings is 1. The first-order chi connectivity index (χ1) is 16.7. The van der Waals surface area contributed by atoms with Crippen molar-refractivity contribution in [2.45, 2.75) is 37.4 Å². The van der Waals surface area contributed by atoms with Crippen molar-refractivity contribution in [2.24, 2.45) is 0 Å². The van der Waals surface area contributed by atoms with E-state index in [1.807, 2.05) is 0 Å². The Bertz CT molecular complexity index is 1380. The normalized spacial score (nSPS) is 22.3. The van der Waals surface area contributed by atoms with E-state index in [4.69, 9.17) is 14.2 Å². The molecule has 2 atom stereocenters. The van der Waals surface area contributed by atoms with E-state index >= 15 is 0 Å². The first kappa shape index (κ1) is 21.8. The fraction of sp³-hybridized carbons (Fsp3) is 0.348. The highest BCUT2D eigenvalue weighted by molar-refractivity contribution is 5.52.